The summed E-state index contributed by atoms with van der Waals surface area (Å²) in [5.41, 5.74) is 0. The van der Waals surface area contributed by atoms with Gasteiger partial charge in [-0.3, -0.25) is 0 Å². The van der Waals surface area contributed by atoms with E-state index in [4.69, 9.17) is 20.4 Å². The minimum atomic E-state index is -1.39. The van der Waals surface area contributed by atoms with E-state index in [-0.39, 0.29) is 0 Å². The quantitative estimate of drug-likeness (QED) is 0.380. The Labute approximate surface area is 79.0 Å². The average molecular weight is 275 g/mol. The van der Waals surface area contributed by atoms with Gasteiger partial charge in [0.15, 0.2) is 0 Å². The second-order valence-corrected chi connectivity index (χ2v) is 3.15. The number of rotatable bonds is 4. The molecule has 67 valence electrons. The first kappa shape index (κ1) is 11.6. The van der Waals surface area contributed by atoms with Gasteiger partial charge >= 0.3 is 0 Å². The lowest BCUT2D eigenvalue weighted by atomic mass is 10.1. The third-order valence-corrected chi connectivity index (χ3v) is 2.20. The Morgan fingerprint density at radius 1 is 1.09 bits per heavy atom. The summed E-state index contributed by atoms with van der Waals surface area (Å²) in [4.78, 5) is 0. The Morgan fingerprint density at radius 3 is 1.82 bits per heavy atom. The van der Waals surface area contributed by atoms with Crippen LogP contribution in [0.5, 0.6) is 0 Å². The maximum atomic E-state index is 9.05. The Kier molecular flexibility index (Phi) is 5.53. The van der Waals surface area contributed by atoms with Crippen molar-refractivity contribution in [3.8, 4) is 0 Å². The number of aliphatic hydroxyl groups excluding tert-OH is 4. The van der Waals surface area contributed by atoms with E-state index >= 15 is 0 Å². The molecular weight excluding hydrogens is 263 g/mol. The van der Waals surface area contributed by atoms with Gasteiger partial charge in [0.1, 0.15) is 12.2 Å². The van der Waals surface area contributed by atoms with Gasteiger partial charge in [-0.25, -0.2) is 0 Å². The first-order valence-corrected chi connectivity index (χ1v) is 4.64. The molecule has 0 fully saturated rings. The van der Waals surface area contributed by atoms with Crippen LogP contribution in [0, 0.1) is 6.92 Å². The van der Waals surface area contributed by atoms with Crippen molar-refractivity contribution in [1.82, 2.24) is 0 Å². The average Bonchev–Trinajstić information content (AvgIpc) is 2.00. The van der Waals surface area contributed by atoms with Crippen LogP contribution >= 0.6 is 22.6 Å². The molecule has 0 aromatic heterocycles. The molecule has 0 spiro atoms. The Hall–Kier alpha value is 0.570. The zero-order chi connectivity index (χ0) is 9.02. The molecule has 4 atom stereocenters. The third-order valence-electron chi connectivity index (χ3n) is 1.30. The molecule has 4 N–H and O–H groups in total. The third kappa shape index (κ3) is 3.66. The van der Waals surface area contributed by atoms with Gasteiger partial charge in [0.25, 0.3) is 0 Å². The summed E-state index contributed by atoms with van der Waals surface area (Å²) in [6.07, 6.45) is -5.02. The van der Waals surface area contributed by atoms with Crippen molar-refractivity contribution in [2.24, 2.45) is 0 Å². The van der Waals surface area contributed by atoms with Crippen molar-refractivity contribution in [2.45, 2.75) is 24.4 Å². The molecule has 0 heterocycles. The fourth-order valence-corrected chi connectivity index (χ4v) is 1.07. The zero-order valence-corrected chi connectivity index (χ0v) is 8.05. The summed E-state index contributed by atoms with van der Waals surface area (Å²) in [5.74, 6) is 0. The summed E-state index contributed by atoms with van der Waals surface area (Å²) < 4.78 is 0.294. The van der Waals surface area contributed by atoms with E-state index in [9.17, 15) is 0 Å². The van der Waals surface area contributed by atoms with Crippen molar-refractivity contribution in [3.63, 3.8) is 0 Å². The second kappa shape index (κ2) is 5.26. The van der Waals surface area contributed by atoms with Crippen LogP contribution < -0.4 is 0 Å². The molecule has 11 heavy (non-hydrogen) atoms. The molecule has 0 aromatic rings. The predicted molar refractivity (Wildman–Crippen MR) is 48.3 cm³/mol. The van der Waals surface area contributed by atoms with E-state index in [0.29, 0.717) is 4.43 Å². The largest absolute Gasteiger partial charge is 0.390 e. The molecule has 4 nitrogen and oxygen atoms in total. The van der Waals surface area contributed by atoms with Crippen molar-refractivity contribution >= 4 is 22.6 Å². The van der Waals surface area contributed by atoms with Gasteiger partial charge in [-0.15, -0.1) is 0 Å². The number of halogens is 1. The molecular formula is C6H12IO4. The Morgan fingerprint density at radius 2 is 1.55 bits per heavy atom. The fourth-order valence-electron chi connectivity index (χ4n) is 0.546. The molecule has 5 heteroatoms. The SMILES string of the molecule is [CH2][C@H](O)[C@@H](O)[C@H](O)[C@H](O)CI. The van der Waals surface area contributed by atoms with Crippen molar-refractivity contribution < 1.29 is 20.4 Å². The normalized spacial score (nSPS) is 22.4. The molecule has 0 aliphatic heterocycles. The minimum Gasteiger partial charge on any atom is -0.390 e. The standard InChI is InChI=1S/C6H12IO4/c1-3(8)5(10)6(11)4(9)2-7/h3-6,8-11H,1-2H2/t3-,4+,5+,6+/m0/s1. The topological polar surface area (TPSA) is 80.9 Å². The highest BCUT2D eigenvalue weighted by atomic mass is 127. The molecule has 0 rings (SSSR count). The van der Waals surface area contributed by atoms with Gasteiger partial charge in [-0.05, 0) is 6.92 Å². The number of alkyl halides is 1. The number of hydrogen-bond acceptors (Lipinski definition) is 4. The first-order chi connectivity index (χ1) is 5.00. The van der Waals surface area contributed by atoms with Crippen LogP contribution in [0.3, 0.4) is 0 Å². The van der Waals surface area contributed by atoms with E-state index < -0.39 is 24.4 Å². The molecule has 1 radical (unpaired) electrons. The highest BCUT2D eigenvalue weighted by Crippen LogP contribution is 2.06. The van der Waals surface area contributed by atoms with Gasteiger partial charge in [-0.1, -0.05) is 22.6 Å². The number of hydrogen-bond donors (Lipinski definition) is 4. The minimum absolute atomic E-state index is 0.294. The highest BCUT2D eigenvalue weighted by molar-refractivity contribution is 14.1. The molecule has 0 saturated heterocycles. The fraction of sp³-hybridized carbons (Fsp3) is 0.833. The lowest BCUT2D eigenvalue weighted by molar-refractivity contribution is -0.0863. The van der Waals surface area contributed by atoms with E-state index in [1.54, 1.807) is 0 Å². The molecule has 0 aliphatic rings. The summed E-state index contributed by atoms with van der Waals surface area (Å²) in [6, 6.07) is 0. The summed E-state index contributed by atoms with van der Waals surface area (Å²) in [7, 11) is 0. The van der Waals surface area contributed by atoms with E-state index in [1.807, 2.05) is 22.6 Å². The molecule has 0 amide bonds. The van der Waals surface area contributed by atoms with Crippen molar-refractivity contribution in [3.05, 3.63) is 6.92 Å². The Bertz CT molecular complexity index is 109. The van der Waals surface area contributed by atoms with E-state index in [1.165, 1.54) is 0 Å². The van der Waals surface area contributed by atoms with Crippen molar-refractivity contribution in [2.75, 3.05) is 4.43 Å². The maximum Gasteiger partial charge on any atom is 0.109 e. The van der Waals surface area contributed by atoms with Crippen LogP contribution in [-0.4, -0.2) is 49.3 Å². The van der Waals surface area contributed by atoms with Crippen molar-refractivity contribution in [1.29, 1.82) is 0 Å². The molecule has 0 unspecified atom stereocenters. The lowest BCUT2D eigenvalue weighted by Crippen LogP contribution is -2.44. The monoisotopic (exact) mass is 275 g/mol. The molecule has 0 saturated carbocycles. The van der Waals surface area contributed by atoms with Crippen LogP contribution in [0.4, 0.5) is 0 Å². The molecule has 0 bridgehead atoms. The van der Waals surface area contributed by atoms with Crippen LogP contribution in [0.25, 0.3) is 0 Å². The summed E-state index contributed by atoms with van der Waals surface area (Å²) in [5, 5.41) is 35.7. The van der Waals surface area contributed by atoms with E-state index in [0.717, 1.165) is 0 Å². The lowest BCUT2D eigenvalue weighted by Gasteiger charge is -2.23. The summed E-state index contributed by atoms with van der Waals surface area (Å²) in [6.45, 7) is 3.11. The van der Waals surface area contributed by atoms with Crippen LogP contribution in [-0.2, 0) is 0 Å². The van der Waals surface area contributed by atoms with Crippen LogP contribution in [0.1, 0.15) is 0 Å². The van der Waals surface area contributed by atoms with Gasteiger partial charge in [0.2, 0.25) is 0 Å². The van der Waals surface area contributed by atoms with Gasteiger partial charge in [0.05, 0.1) is 12.2 Å². The molecule has 0 aromatic carbocycles. The first-order valence-electron chi connectivity index (χ1n) is 3.12. The zero-order valence-electron chi connectivity index (χ0n) is 5.89. The summed E-state index contributed by atoms with van der Waals surface area (Å²) >= 11 is 1.86. The highest BCUT2D eigenvalue weighted by Gasteiger charge is 2.26. The second-order valence-electron chi connectivity index (χ2n) is 2.27. The van der Waals surface area contributed by atoms with Crippen LogP contribution in [0.15, 0.2) is 0 Å². The predicted octanol–water partition coefficient (Wildman–Crippen LogP) is -1.30. The van der Waals surface area contributed by atoms with E-state index in [2.05, 4.69) is 6.92 Å². The maximum absolute atomic E-state index is 9.05. The van der Waals surface area contributed by atoms with Gasteiger partial charge in [-0.2, -0.15) is 0 Å². The van der Waals surface area contributed by atoms with Crippen LogP contribution in [0.2, 0.25) is 0 Å². The smallest absolute Gasteiger partial charge is 0.109 e. The van der Waals surface area contributed by atoms with Gasteiger partial charge < -0.3 is 20.4 Å². The molecule has 0 aliphatic carbocycles. The Balaban J connectivity index is 3.90. The number of aliphatic hydroxyl groups is 4. The van der Waals surface area contributed by atoms with Gasteiger partial charge in [0, 0.05) is 4.43 Å².